The van der Waals surface area contributed by atoms with Crippen molar-refractivity contribution in [3.8, 4) is 5.75 Å². The summed E-state index contributed by atoms with van der Waals surface area (Å²) in [6.45, 7) is 0.218. The first-order chi connectivity index (χ1) is 18.5. The van der Waals surface area contributed by atoms with E-state index in [-0.39, 0.29) is 23.3 Å². The summed E-state index contributed by atoms with van der Waals surface area (Å²) in [4.78, 5) is 39.6. The second kappa shape index (κ2) is 11.4. The van der Waals surface area contributed by atoms with Gasteiger partial charge in [0.15, 0.2) is 6.10 Å². The van der Waals surface area contributed by atoms with Crippen molar-refractivity contribution >= 4 is 17.7 Å². The molecule has 0 bridgehead atoms. The Balaban J connectivity index is 1.94. The van der Waals surface area contributed by atoms with E-state index in [0.717, 1.165) is 13.8 Å². The third-order valence-electron chi connectivity index (χ3n) is 7.10. The zero-order valence-corrected chi connectivity index (χ0v) is 21.9. The highest BCUT2D eigenvalue weighted by atomic mass is 19.4. The largest absolute Gasteiger partial charge is 0.508 e. The molecule has 1 heterocycles. The van der Waals surface area contributed by atoms with Crippen LogP contribution in [0.1, 0.15) is 35.3 Å². The molecule has 0 saturated carbocycles. The van der Waals surface area contributed by atoms with E-state index in [2.05, 4.69) is 5.32 Å². The number of aliphatic hydroxyl groups excluding tert-OH is 1. The Morgan fingerprint density at radius 2 is 1.70 bits per heavy atom. The summed E-state index contributed by atoms with van der Waals surface area (Å²) in [5.41, 5.74) is -1.49. The van der Waals surface area contributed by atoms with Gasteiger partial charge in [0.05, 0.1) is 18.0 Å². The van der Waals surface area contributed by atoms with Gasteiger partial charge in [0.1, 0.15) is 18.3 Å². The summed E-state index contributed by atoms with van der Waals surface area (Å²) in [5.74, 6) is -7.49. The van der Waals surface area contributed by atoms with Crippen molar-refractivity contribution in [1.29, 1.82) is 0 Å². The molecule has 2 aromatic rings. The lowest BCUT2D eigenvalue weighted by Crippen LogP contribution is -2.58. The number of nitrogens with one attached hydrogen (secondary N) is 2. The topological polar surface area (TPSA) is 119 Å². The summed E-state index contributed by atoms with van der Waals surface area (Å²) in [7, 11) is 0. The number of alkyl halides is 5. The van der Waals surface area contributed by atoms with Crippen molar-refractivity contribution in [2.75, 3.05) is 13.1 Å². The van der Waals surface area contributed by atoms with Crippen molar-refractivity contribution in [3.05, 3.63) is 65.2 Å². The maximum absolute atomic E-state index is 15.0. The minimum Gasteiger partial charge on any atom is -0.508 e. The van der Waals surface area contributed by atoms with Crippen molar-refractivity contribution in [2.24, 2.45) is 5.41 Å². The number of aliphatic hydroxyl groups is 1. The van der Waals surface area contributed by atoms with Gasteiger partial charge >= 0.3 is 6.18 Å². The fourth-order valence-electron chi connectivity index (χ4n) is 4.62. The van der Waals surface area contributed by atoms with E-state index in [0.29, 0.717) is 10.5 Å². The van der Waals surface area contributed by atoms with Crippen LogP contribution in [-0.2, 0) is 16.0 Å². The second-order valence-electron chi connectivity index (χ2n) is 10.3. The molecule has 0 aliphatic carbocycles. The molecule has 3 amide bonds. The van der Waals surface area contributed by atoms with Gasteiger partial charge < -0.3 is 25.7 Å². The number of carbonyl (C=O) groups excluding carboxylic acids is 3. The third kappa shape index (κ3) is 6.52. The lowest BCUT2D eigenvalue weighted by molar-refractivity contribution is -0.151. The average molecular weight is 572 g/mol. The van der Waals surface area contributed by atoms with Crippen molar-refractivity contribution < 1.29 is 46.5 Å². The average Bonchev–Trinajstić information content (AvgIpc) is 3.06. The molecule has 13 heteroatoms. The fourth-order valence-corrected chi connectivity index (χ4v) is 4.62. The van der Waals surface area contributed by atoms with E-state index in [1.54, 1.807) is 35.6 Å². The van der Waals surface area contributed by atoms with Crippen molar-refractivity contribution in [2.45, 2.75) is 57.5 Å². The standard InChI is InChI=1S/C27H30F5N3O5/c1-15-17(10-7-11-19(15)36)22(38)34-18(12-16-8-5-4-6-9-16)20(37)24(40)35-14-26(28,29)25(2,3)21(35)23(39)33-13-27(30,31)32/h4-11,18,20-21,36-37H,12-14H2,1-3H3,(H,33,39)(H,34,38)/t18?,20-,21+/m0/s1. The molecule has 1 aliphatic rings. The summed E-state index contributed by atoms with van der Waals surface area (Å²) in [5, 5.41) is 25.1. The molecule has 8 nitrogen and oxygen atoms in total. The molecule has 3 atom stereocenters. The van der Waals surface area contributed by atoms with Crippen molar-refractivity contribution in [3.63, 3.8) is 0 Å². The number of hydrogen-bond donors (Lipinski definition) is 4. The molecule has 0 spiro atoms. The number of rotatable bonds is 8. The van der Waals surface area contributed by atoms with Crippen LogP contribution in [0, 0.1) is 12.3 Å². The predicted octanol–water partition coefficient (Wildman–Crippen LogP) is 2.95. The van der Waals surface area contributed by atoms with Gasteiger partial charge in [0, 0.05) is 11.1 Å². The predicted molar refractivity (Wildman–Crippen MR) is 134 cm³/mol. The first-order valence-corrected chi connectivity index (χ1v) is 12.3. The van der Waals surface area contributed by atoms with E-state index in [9.17, 15) is 46.5 Å². The number of halogens is 5. The summed E-state index contributed by atoms with van der Waals surface area (Å²) in [6.07, 6.45) is -7.13. The fraction of sp³-hybridized carbons (Fsp3) is 0.444. The summed E-state index contributed by atoms with van der Waals surface area (Å²) < 4.78 is 68.1. The Bertz CT molecular complexity index is 1250. The van der Waals surface area contributed by atoms with Crippen LogP contribution in [0.2, 0.25) is 0 Å². The highest BCUT2D eigenvalue weighted by Crippen LogP contribution is 2.48. The normalized spacial score (nSPS) is 19.5. The molecule has 1 saturated heterocycles. The van der Waals surface area contributed by atoms with Gasteiger partial charge in [-0.05, 0) is 31.0 Å². The van der Waals surface area contributed by atoms with E-state index in [1.165, 1.54) is 25.1 Å². The molecule has 1 fully saturated rings. The monoisotopic (exact) mass is 571 g/mol. The number of benzene rings is 2. The summed E-state index contributed by atoms with van der Waals surface area (Å²) >= 11 is 0. The number of likely N-dealkylation sites (tertiary alicyclic amines) is 1. The maximum Gasteiger partial charge on any atom is 0.405 e. The molecule has 0 radical (unpaired) electrons. The van der Waals surface area contributed by atoms with Crippen LogP contribution >= 0.6 is 0 Å². The van der Waals surface area contributed by atoms with Gasteiger partial charge in [-0.3, -0.25) is 14.4 Å². The van der Waals surface area contributed by atoms with Crippen LogP contribution in [0.15, 0.2) is 48.5 Å². The van der Waals surface area contributed by atoms with Gasteiger partial charge in [-0.2, -0.15) is 13.2 Å². The SMILES string of the molecule is Cc1c(O)cccc1C(=O)NC(Cc1ccccc1)[C@H](O)C(=O)N1CC(F)(F)C(C)(C)[C@H]1C(=O)NCC(F)(F)F. The van der Waals surface area contributed by atoms with Crippen LogP contribution in [0.25, 0.3) is 0 Å². The maximum atomic E-state index is 15.0. The van der Waals surface area contributed by atoms with Crippen molar-refractivity contribution in [1.82, 2.24) is 15.5 Å². The highest BCUT2D eigenvalue weighted by Gasteiger charge is 2.64. The Kier molecular flexibility index (Phi) is 8.77. The van der Waals surface area contributed by atoms with Gasteiger partial charge in [-0.15, -0.1) is 0 Å². The van der Waals surface area contributed by atoms with Crippen LogP contribution in [0.3, 0.4) is 0 Å². The molecule has 2 aromatic carbocycles. The first-order valence-electron chi connectivity index (χ1n) is 12.3. The number of aromatic hydroxyl groups is 1. The molecule has 1 unspecified atom stereocenters. The van der Waals surface area contributed by atoms with Crippen LogP contribution in [0.5, 0.6) is 5.75 Å². The molecular weight excluding hydrogens is 541 g/mol. The van der Waals surface area contributed by atoms with Gasteiger partial charge in [-0.25, -0.2) is 8.78 Å². The number of nitrogens with zero attached hydrogens (tertiary/aromatic N) is 1. The molecule has 40 heavy (non-hydrogen) atoms. The lowest BCUT2D eigenvalue weighted by atomic mass is 9.81. The van der Waals surface area contributed by atoms with Crippen LogP contribution in [0.4, 0.5) is 22.0 Å². The first kappa shape index (κ1) is 30.8. The number of amides is 3. The minimum atomic E-state index is -4.83. The number of phenolic OH excluding ortho intramolecular Hbond substituents is 1. The third-order valence-corrected chi connectivity index (χ3v) is 7.10. The minimum absolute atomic E-state index is 0.0240. The Morgan fingerprint density at radius 3 is 2.30 bits per heavy atom. The highest BCUT2D eigenvalue weighted by molar-refractivity contribution is 5.97. The Labute approximate surface area is 227 Å². The van der Waals surface area contributed by atoms with E-state index in [4.69, 9.17) is 0 Å². The number of hydrogen-bond acceptors (Lipinski definition) is 5. The zero-order valence-electron chi connectivity index (χ0n) is 21.9. The molecule has 4 N–H and O–H groups in total. The van der Waals surface area contributed by atoms with E-state index >= 15 is 0 Å². The molecule has 1 aliphatic heterocycles. The number of carbonyl (C=O) groups is 3. The van der Waals surface area contributed by atoms with Gasteiger partial charge in [0.25, 0.3) is 17.7 Å². The van der Waals surface area contributed by atoms with E-state index < -0.39 is 66.5 Å². The molecule has 218 valence electrons. The zero-order chi connectivity index (χ0) is 30.0. The lowest BCUT2D eigenvalue weighted by Gasteiger charge is -2.34. The van der Waals surface area contributed by atoms with E-state index in [1.807, 2.05) is 0 Å². The van der Waals surface area contributed by atoms with Gasteiger partial charge in [-0.1, -0.05) is 50.2 Å². The number of phenols is 1. The van der Waals surface area contributed by atoms with Crippen LogP contribution < -0.4 is 10.6 Å². The Hall–Kier alpha value is -3.74. The summed E-state index contributed by atoms with van der Waals surface area (Å²) in [6, 6.07) is 8.99. The smallest absolute Gasteiger partial charge is 0.405 e. The Morgan fingerprint density at radius 1 is 1.07 bits per heavy atom. The van der Waals surface area contributed by atoms with Gasteiger partial charge in [0.2, 0.25) is 5.91 Å². The van der Waals surface area contributed by atoms with Crippen LogP contribution in [-0.4, -0.2) is 76.2 Å². The quantitative estimate of drug-likeness (QED) is 0.364. The molecule has 3 rings (SSSR count). The molecular formula is C27H30F5N3O5. The second-order valence-corrected chi connectivity index (χ2v) is 10.3. The molecule has 0 aromatic heterocycles.